The Balaban J connectivity index is 2.07. The van der Waals surface area contributed by atoms with Gasteiger partial charge in [0, 0.05) is 34.3 Å². The summed E-state index contributed by atoms with van der Waals surface area (Å²) in [7, 11) is 0. The number of rotatable bonds is 4. The first-order chi connectivity index (χ1) is 13.4. The van der Waals surface area contributed by atoms with Gasteiger partial charge < -0.3 is 9.47 Å². The molecule has 0 aromatic heterocycles. The maximum Gasteiger partial charge on any atom is 0.333 e. The van der Waals surface area contributed by atoms with E-state index in [9.17, 15) is 14.4 Å². The summed E-state index contributed by atoms with van der Waals surface area (Å²) in [6.45, 7) is 17.0. The lowest BCUT2D eigenvalue weighted by molar-refractivity contribution is -0.202. The minimum Gasteiger partial charge on any atom is -0.458 e. The topological polar surface area (TPSA) is 69.7 Å². The van der Waals surface area contributed by atoms with Crippen molar-refractivity contribution >= 4 is 17.7 Å². The van der Waals surface area contributed by atoms with Gasteiger partial charge >= 0.3 is 11.9 Å². The van der Waals surface area contributed by atoms with Crippen molar-refractivity contribution in [3.63, 3.8) is 0 Å². The van der Waals surface area contributed by atoms with Crippen LogP contribution in [0.15, 0.2) is 35.5 Å². The van der Waals surface area contributed by atoms with E-state index in [-0.39, 0.29) is 29.5 Å². The highest BCUT2D eigenvalue weighted by atomic mass is 16.6. The van der Waals surface area contributed by atoms with Gasteiger partial charge in [-0.15, -0.1) is 0 Å². The molecule has 3 fully saturated rings. The quantitative estimate of drug-likeness (QED) is 0.523. The van der Waals surface area contributed by atoms with Crippen LogP contribution in [0.5, 0.6) is 0 Å². The molecule has 5 nitrogen and oxygen atoms in total. The van der Waals surface area contributed by atoms with Gasteiger partial charge in [0.05, 0.1) is 0 Å². The molecule has 6 atom stereocenters. The maximum atomic E-state index is 13.0. The summed E-state index contributed by atoms with van der Waals surface area (Å²) in [5.41, 5.74) is 0.934. The number of allylic oxidation sites excluding steroid dienone is 3. The number of ketones is 1. The van der Waals surface area contributed by atoms with Crippen molar-refractivity contribution < 1.29 is 23.9 Å². The van der Waals surface area contributed by atoms with Crippen molar-refractivity contribution in [2.75, 3.05) is 0 Å². The molecule has 0 saturated heterocycles. The van der Waals surface area contributed by atoms with E-state index in [4.69, 9.17) is 9.47 Å². The summed E-state index contributed by atoms with van der Waals surface area (Å²) in [5.74, 6) is -0.855. The summed E-state index contributed by atoms with van der Waals surface area (Å²) in [6, 6.07) is 0. The molecule has 0 radical (unpaired) electrons. The number of carbonyl (C=O) groups is 3. The van der Waals surface area contributed by atoms with E-state index in [0.29, 0.717) is 17.6 Å². The van der Waals surface area contributed by atoms with Crippen molar-refractivity contribution in [2.45, 2.75) is 67.1 Å². The van der Waals surface area contributed by atoms with Crippen molar-refractivity contribution in [3.8, 4) is 0 Å². The Labute approximate surface area is 173 Å². The van der Waals surface area contributed by atoms with Crippen LogP contribution in [0.25, 0.3) is 0 Å². The van der Waals surface area contributed by atoms with E-state index in [1.807, 2.05) is 6.92 Å². The number of esters is 2. The molecule has 4 rings (SSSR count). The molecule has 0 aromatic carbocycles. The van der Waals surface area contributed by atoms with Crippen molar-refractivity contribution in [2.24, 2.45) is 28.6 Å². The fourth-order valence-electron chi connectivity index (χ4n) is 5.87. The van der Waals surface area contributed by atoms with E-state index in [2.05, 4.69) is 27.4 Å². The van der Waals surface area contributed by atoms with Crippen LogP contribution in [0.4, 0.5) is 0 Å². The Bertz CT molecular complexity index is 845. The number of fused-ring (bicyclic) bond motifs is 3. The van der Waals surface area contributed by atoms with Crippen LogP contribution in [-0.4, -0.2) is 29.9 Å². The van der Waals surface area contributed by atoms with E-state index in [1.165, 1.54) is 0 Å². The highest BCUT2D eigenvalue weighted by Crippen LogP contribution is 2.72. The minimum absolute atomic E-state index is 0.0411. The van der Waals surface area contributed by atoms with Crippen LogP contribution in [0.2, 0.25) is 0 Å². The third kappa shape index (κ3) is 3.01. The van der Waals surface area contributed by atoms with Crippen molar-refractivity contribution in [3.05, 3.63) is 35.5 Å². The molecule has 4 aliphatic carbocycles. The van der Waals surface area contributed by atoms with E-state index in [0.717, 1.165) is 5.57 Å². The summed E-state index contributed by atoms with van der Waals surface area (Å²) in [6.07, 6.45) is 2.82. The maximum absolute atomic E-state index is 13.0. The zero-order chi connectivity index (χ0) is 21.9. The summed E-state index contributed by atoms with van der Waals surface area (Å²) in [4.78, 5) is 38.0. The molecule has 0 unspecified atom stereocenters. The van der Waals surface area contributed by atoms with Crippen LogP contribution in [0.3, 0.4) is 0 Å². The van der Waals surface area contributed by atoms with Gasteiger partial charge in [0.1, 0.15) is 12.2 Å². The smallest absolute Gasteiger partial charge is 0.333 e. The average Bonchev–Trinajstić information content (AvgIpc) is 2.73. The van der Waals surface area contributed by atoms with Crippen LogP contribution in [0, 0.1) is 28.6 Å². The highest BCUT2D eigenvalue weighted by molar-refractivity contribution is 5.97. The summed E-state index contributed by atoms with van der Waals surface area (Å²) >= 11 is 0. The zero-order valence-corrected chi connectivity index (χ0v) is 18.5. The summed E-state index contributed by atoms with van der Waals surface area (Å²) in [5, 5.41) is 0. The fraction of sp³-hybridized carbons (Fsp3) is 0.625. The Morgan fingerprint density at radius 2 is 1.69 bits per heavy atom. The monoisotopic (exact) mass is 400 g/mol. The Morgan fingerprint density at radius 1 is 1.10 bits per heavy atom. The van der Waals surface area contributed by atoms with E-state index >= 15 is 0 Å². The molecule has 0 N–H and O–H groups in total. The molecule has 0 aliphatic heterocycles. The lowest BCUT2D eigenvalue weighted by Crippen LogP contribution is -2.67. The number of carbonyl (C=O) groups excluding carboxylic acids is 3. The summed E-state index contributed by atoms with van der Waals surface area (Å²) < 4.78 is 11.8. The number of hydrogen-bond donors (Lipinski definition) is 0. The fourth-order valence-corrected chi connectivity index (χ4v) is 5.87. The Kier molecular flexibility index (Phi) is 5.17. The molecule has 0 spiro atoms. The lowest BCUT2D eigenvalue weighted by atomic mass is 9.37. The molecular weight excluding hydrogens is 368 g/mol. The molecular formula is C24H32O5. The first kappa shape index (κ1) is 21.5. The van der Waals surface area contributed by atoms with Gasteiger partial charge in [-0.2, -0.15) is 0 Å². The third-order valence-corrected chi connectivity index (χ3v) is 7.64. The second-order valence-corrected chi connectivity index (χ2v) is 9.73. The molecule has 0 amide bonds. The Hall–Kier alpha value is -2.17. The van der Waals surface area contributed by atoms with Gasteiger partial charge in [-0.05, 0) is 45.6 Å². The zero-order valence-electron chi connectivity index (χ0n) is 18.5. The van der Waals surface area contributed by atoms with Crippen molar-refractivity contribution in [1.82, 2.24) is 0 Å². The predicted molar refractivity (Wildman–Crippen MR) is 110 cm³/mol. The standard InChI is InChI=1S/C24H32O5/c1-9-13(4)22(27)29-17-11-16(28-21(26)12(2)3)23(6,7)20-18-14(5)10-15(25)19(20)24(17,18)8/h9-10,16-20H,2,11H2,1,3-8H3/b13-9-/t16-,17-,18+,19-,20+,24-/m1/s1. The molecule has 4 bridgehead atoms. The molecule has 5 heteroatoms. The molecule has 29 heavy (non-hydrogen) atoms. The van der Waals surface area contributed by atoms with Crippen molar-refractivity contribution in [1.29, 1.82) is 0 Å². The minimum atomic E-state index is -0.520. The molecule has 0 aromatic rings. The van der Waals surface area contributed by atoms with Crippen LogP contribution in [0.1, 0.15) is 54.9 Å². The SMILES string of the molecule is C=C(C)C(=O)O[C@@H]1C[C@@H](OC(=O)/C(C)=C\C)[C@@]2(C)[C@@H]3C(=O)C=C(C)[C@H]2[C@@H]3C1(C)C. The van der Waals surface area contributed by atoms with Gasteiger partial charge in [0.2, 0.25) is 0 Å². The van der Waals surface area contributed by atoms with Gasteiger partial charge in [-0.1, -0.05) is 39.0 Å². The van der Waals surface area contributed by atoms with Gasteiger partial charge in [0.25, 0.3) is 0 Å². The first-order valence-electron chi connectivity index (χ1n) is 10.3. The number of ether oxygens (including phenoxy) is 2. The average molecular weight is 401 g/mol. The number of hydrogen-bond acceptors (Lipinski definition) is 5. The predicted octanol–water partition coefficient (Wildman–Crippen LogP) is 4.18. The van der Waals surface area contributed by atoms with Gasteiger partial charge in [-0.3, -0.25) is 4.79 Å². The lowest BCUT2D eigenvalue weighted by Gasteiger charge is -2.65. The normalized spacial score (nSPS) is 37.6. The third-order valence-electron chi connectivity index (χ3n) is 7.64. The van der Waals surface area contributed by atoms with Crippen LogP contribution in [-0.2, 0) is 23.9 Å². The Morgan fingerprint density at radius 3 is 2.21 bits per heavy atom. The first-order valence-corrected chi connectivity index (χ1v) is 10.3. The van der Waals surface area contributed by atoms with E-state index in [1.54, 1.807) is 32.9 Å². The molecule has 4 aliphatic rings. The van der Waals surface area contributed by atoms with Gasteiger partial charge in [0.15, 0.2) is 5.78 Å². The molecule has 0 heterocycles. The van der Waals surface area contributed by atoms with Gasteiger partial charge in [-0.25, -0.2) is 9.59 Å². The second kappa shape index (κ2) is 6.96. The second-order valence-electron chi connectivity index (χ2n) is 9.73. The molecule has 3 saturated carbocycles. The van der Waals surface area contributed by atoms with Crippen LogP contribution >= 0.6 is 0 Å². The largest absolute Gasteiger partial charge is 0.458 e. The molecule has 158 valence electrons. The highest BCUT2D eigenvalue weighted by Gasteiger charge is 2.74. The van der Waals surface area contributed by atoms with Crippen LogP contribution < -0.4 is 0 Å². The van der Waals surface area contributed by atoms with E-state index < -0.39 is 29.0 Å².